The van der Waals surface area contributed by atoms with Gasteiger partial charge in [0.05, 0.1) is 11.1 Å². The average molecular weight is 485 g/mol. The number of pyridine rings is 1. The zero-order valence-corrected chi connectivity index (χ0v) is 18.7. The molecule has 0 radical (unpaired) electrons. The van der Waals surface area contributed by atoms with E-state index in [1.807, 2.05) is 30.3 Å². The summed E-state index contributed by atoms with van der Waals surface area (Å²) in [6, 6.07) is 15.2. The van der Waals surface area contributed by atoms with Gasteiger partial charge in [0.1, 0.15) is 11.5 Å². The largest absolute Gasteiger partial charge is 0.417 e. The van der Waals surface area contributed by atoms with Gasteiger partial charge in [0.15, 0.2) is 0 Å². The fraction of sp³-hybridized carbons (Fsp3) is 0.269. The number of aromatic nitrogens is 1. The SMILES string of the molecule is O=C(NCCCc1ccccc1)c1ccc2c(n1)CCN(C(=O)c1ccc(F)cc1C(F)(F)F)C2. The monoisotopic (exact) mass is 485 g/mol. The summed E-state index contributed by atoms with van der Waals surface area (Å²) in [5.74, 6) is -2.20. The molecule has 0 fully saturated rings. The second-order valence-corrected chi connectivity index (χ2v) is 8.31. The standard InChI is InChI=1S/C26H23F4N3O2/c27-19-9-10-20(21(15-19)26(28,29)30)25(35)33-14-12-22-18(16-33)8-11-23(32-22)24(34)31-13-4-7-17-5-2-1-3-6-17/h1-3,5-6,8-11,15H,4,7,12-14,16H2,(H,31,34). The number of rotatable bonds is 6. The van der Waals surface area contributed by atoms with Gasteiger partial charge >= 0.3 is 6.18 Å². The van der Waals surface area contributed by atoms with Crippen LogP contribution in [0, 0.1) is 5.82 Å². The molecule has 1 aliphatic rings. The van der Waals surface area contributed by atoms with Crippen molar-refractivity contribution >= 4 is 11.8 Å². The van der Waals surface area contributed by atoms with Crippen molar-refractivity contribution < 1.29 is 27.2 Å². The van der Waals surface area contributed by atoms with Crippen LogP contribution in [-0.2, 0) is 25.6 Å². The molecular weight excluding hydrogens is 462 g/mol. The summed E-state index contributed by atoms with van der Waals surface area (Å²) in [6.45, 7) is 0.679. The van der Waals surface area contributed by atoms with E-state index in [0.29, 0.717) is 30.3 Å². The van der Waals surface area contributed by atoms with E-state index < -0.39 is 29.0 Å². The Kier molecular flexibility index (Phi) is 7.14. The fourth-order valence-electron chi connectivity index (χ4n) is 4.05. The van der Waals surface area contributed by atoms with Crippen LogP contribution in [0.4, 0.5) is 17.6 Å². The predicted molar refractivity (Wildman–Crippen MR) is 121 cm³/mol. The summed E-state index contributed by atoms with van der Waals surface area (Å²) in [7, 11) is 0. The van der Waals surface area contributed by atoms with Crippen LogP contribution in [0.2, 0.25) is 0 Å². The van der Waals surface area contributed by atoms with Crippen LogP contribution in [0.25, 0.3) is 0 Å². The highest BCUT2D eigenvalue weighted by atomic mass is 19.4. The number of carbonyl (C=O) groups excluding carboxylic acids is 2. The molecule has 182 valence electrons. The number of hydrogen-bond donors (Lipinski definition) is 1. The Morgan fingerprint density at radius 1 is 1.03 bits per heavy atom. The first kappa shape index (κ1) is 24.4. The van der Waals surface area contributed by atoms with Crippen molar-refractivity contribution in [2.45, 2.75) is 32.0 Å². The number of benzene rings is 2. The third-order valence-corrected chi connectivity index (χ3v) is 5.86. The minimum Gasteiger partial charge on any atom is -0.351 e. The van der Waals surface area contributed by atoms with Gasteiger partial charge in [-0.1, -0.05) is 36.4 Å². The molecule has 0 aliphatic carbocycles. The number of amides is 2. The number of aryl methyl sites for hydroxylation is 1. The number of halogens is 4. The summed E-state index contributed by atoms with van der Waals surface area (Å²) < 4.78 is 53.4. The summed E-state index contributed by atoms with van der Waals surface area (Å²) in [4.78, 5) is 31.0. The first-order valence-corrected chi connectivity index (χ1v) is 11.2. The highest BCUT2D eigenvalue weighted by molar-refractivity contribution is 5.96. The van der Waals surface area contributed by atoms with Crippen LogP contribution in [0.3, 0.4) is 0 Å². The van der Waals surface area contributed by atoms with Crippen molar-refractivity contribution in [2.75, 3.05) is 13.1 Å². The lowest BCUT2D eigenvalue weighted by atomic mass is 10.0. The number of carbonyl (C=O) groups is 2. The van der Waals surface area contributed by atoms with E-state index >= 15 is 0 Å². The van der Waals surface area contributed by atoms with Crippen molar-refractivity contribution in [1.82, 2.24) is 15.2 Å². The predicted octanol–water partition coefficient (Wildman–Crippen LogP) is 4.80. The molecule has 2 amide bonds. The summed E-state index contributed by atoms with van der Waals surface area (Å²) in [5, 5.41) is 2.85. The molecule has 5 nitrogen and oxygen atoms in total. The van der Waals surface area contributed by atoms with Crippen molar-refractivity contribution in [1.29, 1.82) is 0 Å². The van der Waals surface area contributed by atoms with Gasteiger partial charge < -0.3 is 10.2 Å². The molecule has 0 unspecified atom stereocenters. The molecule has 0 saturated heterocycles. The first-order chi connectivity index (χ1) is 16.7. The van der Waals surface area contributed by atoms with Gasteiger partial charge in [-0.2, -0.15) is 13.2 Å². The quantitative estimate of drug-likeness (QED) is 0.403. The molecule has 2 aromatic carbocycles. The lowest BCUT2D eigenvalue weighted by Crippen LogP contribution is -2.37. The van der Waals surface area contributed by atoms with Crippen LogP contribution >= 0.6 is 0 Å². The topological polar surface area (TPSA) is 62.3 Å². The maximum Gasteiger partial charge on any atom is 0.417 e. The Morgan fingerprint density at radius 2 is 1.80 bits per heavy atom. The minimum absolute atomic E-state index is 0.0504. The molecule has 3 aromatic rings. The fourth-order valence-corrected chi connectivity index (χ4v) is 4.05. The molecule has 0 spiro atoms. The van der Waals surface area contributed by atoms with Crippen LogP contribution in [0.5, 0.6) is 0 Å². The van der Waals surface area contributed by atoms with Crippen molar-refractivity contribution in [2.24, 2.45) is 0 Å². The number of fused-ring (bicyclic) bond motifs is 1. The second kappa shape index (κ2) is 10.2. The first-order valence-electron chi connectivity index (χ1n) is 11.2. The molecule has 4 rings (SSSR count). The Morgan fingerprint density at radius 3 is 2.54 bits per heavy atom. The smallest absolute Gasteiger partial charge is 0.351 e. The van der Waals surface area contributed by atoms with E-state index in [0.717, 1.165) is 25.0 Å². The molecule has 2 heterocycles. The van der Waals surface area contributed by atoms with Gasteiger partial charge in [-0.15, -0.1) is 0 Å². The van der Waals surface area contributed by atoms with Gasteiger partial charge in [0.25, 0.3) is 11.8 Å². The molecule has 9 heteroatoms. The highest BCUT2D eigenvalue weighted by Gasteiger charge is 2.37. The highest BCUT2D eigenvalue weighted by Crippen LogP contribution is 2.33. The van der Waals surface area contributed by atoms with Gasteiger partial charge in [-0.3, -0.25) is 9.59 Å². The van der Waals surface area contributed by atoms with Crippen molar-refractivity contribution in [3.8, 4) is 0 Å². The summed E-state index contributed by atoms with van der Waals surface area (Å²) in [6.07, 6.45) is -2.95. The second-order valence-electron chi connectivity index (χ2n) is 8.31. The molecule has 35 heavy (non-hydrogen) atoms. The summed E-state index contributed by atoms with van der Waals surface area (Å²) >= 11 is 0. The Balaban J connectivity index is 1.38. The molecule has 1 N–H and O–H groups in total. The van der Waals surface area contributed by atoms with E-state index in [-0.39, 0.29) is 24.7 Å². The lowest BCUT2D eigenvalue weighted by Gasteiger charge is -2.29. The average Bonchev–Trinajstić information content (AvgIpc) is 2.85. The van der Waals surface area contributed by atoms with Crippen LogP contribution < -0.4 is 5.32 Å². The van der Waals surface area contributed by atoms with Crippen molar-refractivity contribution in [3.05, 3.63) is 100 Å². The van der Waals surface area contributed by atoms with E-state index in [2.05, 4.69) is 10.3 Å². The van der Waals surface area contributed by atoms with Gasteiger partial charge in [-0.25, -0.2) is 9.37 Å². The Bertz CT molecular complexity index is 1230. The third kappa shape index (κ3) is 5.85. The van der Waals surface area contributed by atoms with E-state index in [1.54, 1.807) is 12.1 Å². The zero-order chi connectivity index (χ0) is 25.0. The molecule has 1 aliphatic heterocycles. The van der Waals surface area contributed by atoms with Crippen LogP contribution in [-0.4, -0.2) is 34.8 Å². The van der Waals surface area contributed by atoms with Gasteiger partial charge in [0, 0.05) is 31.7 Å². The molecule has 1 aromatic heterocycles. The molecular formula is C26H23F4N3O2. The van der Waals surface area contributed by atoms with Gasteiger partial charge in [-0.05, 0) is 48.2 Å². The number of hydrogen-bond acceptors (Lipinski definition) is 3. The Hall–Kier alpha value is -3.75. The van der Waals surface area contributed by atoms with Crippen molar-refractivity contribution in [3.63, 3.8) is 0 Å². The normalized spacial score (nSPS) is 13.3. The summed E-state index contributed by atoms with van der Waals surface area (Å²) in [5.41, 5.74) is 0.825. The van der Waals surface area contributed by atoms with E-state index in [4.69, 9.17) is 0 Å². The van der Waals surface area contributed by atoms with Crippen LogP contribution in [0.1, 0.15) is 49.7 Å². The van der Waals surface area contributed by atoms with Gasteiger partial charge in [0.2, 0.25) is 0 Å². The molecule has 0 saturated carbocycles. The maximum atomic E-state index is 13.4. The van der Waals surface area contributed by atoms with Crippen LogP contribution in [0.15, 0.2) is 60.7 Å². The lowest BCUT2D eigenvalue weighted by molar-refractivity contribution is -0.138. The maximum absolute atomic E-state index is 13.4. The van der Waals surface area contributed by atoms with E-state index in [1.165, 1.54) is 10.5 Å². The number of alkyl halides is 3. The molecule has 0 atom stereocenters. The minimum atomic E-state index is -4.86. The third-order valence-electron chi connectivity index (χ3n) is 5.86. The Labute approximate surface area is 199 Å². The zero-order valence-electron chi connectivity index (χ0n) is 18.7. The van der Waals surface area contributed by atoms with E-state index in [9.17, 15) is 27.2 Å². The number of nitrogens with one attached hydrogen (secondary N) is 1. The molecule has 0 bridgehead atoms. The number of nitrogens with zero attached hydrogens (tertiary/aromatic N) is 2.